The van der Waals surface area contributed by atoms with Crippen molar-refractivity contribution >= 4 is 28.9 Å². The minimum absolute atomic E-state index is 0.228. The van der Waals surface area contributed by atoms with Gasteiger partial charge in [0, 0.05) is 0 Å². The summed E-state index contributed by atoms with van der Waals surface area (Å²) in [5, 5.41) is 0. The first-order valence-corrected chi connectivity index (χ1v) is 8.56. The molecule has 1 unspecified atom stereocenters. The van der Waals surface area contributed by atoms with Gasteiger partial charge >= 0.3 is 6.18 Å². The number of alkyl halides is 4. The summed E-state index contributed by atoms with van der Waals surface area (Å²) < 4.78 is 50.7. The third-order valence-electron chi connectivity index (χ3n) is 1.28. The van der Waals surface area contributed by atoms with Crippen molar-refractivity contribution in [2.75, 3.05) is 6.61 Å². The fraction of sp³-hybridized carbons (Fsp3) is 1.00. The van der Waals surface area contributed by atoms with Crippen LogP contribution >= 0.6 is 22.2 Å². The van der Waals surface area contributed by atoms with Crippen molar-refractivity contribution in [2.24, 2.45) is 0 Å². The predicted octanol–water partition coefficient (Wildman–Crippen LogP) is 3.80. The SMILES string of the molecule is C[Si](Cl)(Cl)CCCOC(F)C(F)(F)F. The molecule has 0 aliphatic carbocycles. The summed E-state index contributed by atoms with van der Waals surface area (Å²) in [4.78, 5) is 0. The third kappa shape index (κ3) is 7.84. The molecule has 0 aliphatic rings. The second kappa shape index (κ2) is 5.53. The van der Waals surface area contributed by atoms with Gasteiger partial charge in [-0.05, 0) is 19.0 Å². The maximum Gasteiger partial charge on any atom is 0.445 e. The molecular formula is C6H10Cl2F4OSi. The molecular weight excluding hydrogens is 263 g/mol. The summed E-state index contributed by atoms with van der Waals surface area (Å²) in [6.45, 7) is -1.01. The van der Waals surface area contributed by atoms with Crippen LogP contribution in [0.15, 0.2) is 0 Å². The van der Waals surface area contributed by atoms with Crippen molar-refractivity contribution in [3.63, 3.8) is 0 Å². The summed E-state index contributed by atoms with van der Waals surface area (Å²) in [5.41, 5.74) is 0. The molecule has 8 heteroatoms. The molecule has 0 saturated carbocycles. The minimum atomic E-state index is -4.96. The van der Waals surface area contributed by atoms with Crippen LogP contribution in [-0.2, 0) is 4.74 Å². The lowest BCUT2D eigenvalue weighted by Crippen LogP contribution is -2.27. The number of rotatable bonds is 5. The van der Waals surface area contributed by atoms with Crippen molar-refractivity contribution in [3.05, 3.63) is 0 Å². The highest BCUT2D eigenvalue weighted by Crippen LogP contribution is 2.25. The number of halogens is 6. The Morgan fingerprint density at radius 2 is 1.86 bits per heavy atom. The molecule has 0 spiro atoms. The fourth-order valence-electron chi connectivity index (χ4n) is 0.664. The maximum absolute atomic E-state index is 12.1. The Kier molecular flexibility index (Phi) is 5.72. The highest BCUT2D eigenvalue weighted by atomic mass is 35.7. The van der Waals surface area contributed by atoms with E-state index in [1.165, 1.54) is 0 Å². The Hall–Kier alpha value is 0.477. The second-order valence-corrected chi connectivity index (χ2v) is 11.1. The van der Waals surface area contributed by atoms with Gasteiger partial charge in [0.15, 0.2) is 0 Å². The topological polar surface area (TPSA) is 9.23 Å². The van der Waals surface area contributed by atoms with Crippen molar-refractivity contribution in [1.82, 2.24) is 0 Å². The van der Waals surface area contributed by atoms with Crippen LogP contribution in [0.3, 0.4) is 0 Å². The summed E-state index contributed by atoms with van der Waals surface area (Å²) in [7, 11) is 0. The van der Waals surface area contributed by atoms with E-state index >= 15 is 0 Å². The van der Waals surface area contributed by atoms with Gasteiger partial charge in [-0.2, -0.15) is 13.2 Å². The molecule has 0 heterocycles. The zero-order chi connectivity index (χ0) is 11.4. The Bertz CT molecular complexity index is 170. The van der Waals surface area contributed by atoms with E-state index in [4.69, 9.17) is 22.2 Å². The van der Waals surface area contributed by atoms with Gasteiger partial charge in [-0.1, -0.05) is 0 Å². The van der Waals surface area contributed by atoms with Crippen molar-refractivity contribution in [3.8, 4) is 0 Å². The van der Waals surface area contributed by atoms with Crippen LogP contribution in [0, 0.1) is 0 Å². The van der Waals surface area contributed by atoms with Gasteiger partial charge in [0.1, 0.15) is 0 Å². The molecule has 1 atom stereocenters. The summed E-state index contributed by atoms with van der Waals surface area (Å²) in [5.74, 6) is 0. The predicted molar refractivity (Wildman–Crippen MR) is 49.7 cm³/mol. The number of hydrogen-bond acceptors (Lipinski definition) is 1. The molecule has 86 valence electrons. The normalized spacial score (nSPS) is 15.6. The van der Waals surface area contributed by atoms with Crippen molar-refractivity contribution < 1.29 is 22.3 Å². The first kappa shape index (κ1) is 14.5. The average Bonchev–Trinajstić information content (AvgIpc) is 1.93. The van der Waals surface area contributed by atoms with E-state index in [0.717, 1.165) is 0 Å². The molecule has 0 rings (SSSR count). The molecule has 0 bridgehead atoms. The summed E-state index contributed by atoms with van der Waals surface area (Å²) in [6, 6.07) is 0.376. The van der Waals surface area contributed by atoms with E-state index in [1.807, 2.05) is 0 Å². The second-order valence-electron chi connectivity index (χ2n) is 2.90. The summed E-state index contributed by atoms with van der Waals surface area (Å²) >= 11 is 11.3. The Morgan fingerprint density at radius 3 is 2.21 bits per heavy atom. The van der Waals surface area contributed by atoms with Crippen LogP contribution in [0.1, 0.15) is 6.42 Å². The van der Waals surface area contributed by atoms with E-state index in [1.54, 1.807) is 6.55 Å². The van der Waals surface area contributed by atoms with Crippen molar-refractivity contribution in [2.45, 2.75) is 31.5 Å². The average molecular weight is 273 g/mol. The van der Waals surface area contributed by atoms with Gasteiger partial charge in [0.2, 0.25) is 6.69 Å². The van der Waals surface area contributed by atoms with E-state index < -0.39 is 19.2 Å². The Labute approximate surface area is 89.7 Å². The molecule has 1 nitrogen and oxygen atoms in total. The quantitative estimate of drug-likeness (QED) is 0.320. The van der Waals surface area contributed by atoms with Gasteiger partial charge in [-0.25, -0.2) is 4.39 Å². The summed E-state index contributed by atoms with van der Waals surface area (Å²) in [6.07, 6.45) is -7.95. The lowest BCUT2D eigenvalue weighted by Gasteiger charge is -2.14. The highest BCUT2D eigenvalue weighted by molar-refractivity contribution is 7.44. The molecule has 0 N–H and O–H groups in total. The molecule has 0 aromatic carbocycles. The zero-order valence-electron chi connectivity index (χ0n) is 7.37. The van der Waals surface area contributed by atoms with Crippen LogP contribution in [-0.4, -0.2) is 25.8 Å². The van der Waals surface area contributed by atoms with Crippen LogP contribution in [0.5, 0.6) is 0 Å². The Morgan fingerprint density at radius 1 is 1.36 bits per heavy atom. The highest BCUT2D eigenvalue weighted by Gasteiger charge is 2.41. The number of hydrogen-bond donors (Lipinski definition) is 0. The monoisotopic (exact) mass is 272 g/mol. The largest absolute Gasteiger partial charge is 0.445 e. The number of ether oxygens (including phenoxy) is 1. The maximum atomic E-state index is 12.1. The smallest absolute Gasteiger partial charge is 0.341 e. The molecule has 0 fully saturated rings. The fourth-order valence-corrected chi connectivity index (χ4v) is 2.23. The molecule has 0 amide bonds. The van der Waals surface area contributed by atoms with Gasteiger partial charge in [-0.3, -0.25) is 0 Å². The van der Waals surface area contributed by atoms with Crippen LogP contribution in [0.2, 0.25) is 12.6 Å². The zero-order valence-corrected chi connectivity index (χ0v) is 9.89. The Balaban J connectivity index is 3.56. The van der Waals surface area contributed by atoms with E-state index in [2.05, 4.69) is 4.74 Å². The first-order valence-electron chi connectivity index (χ1n) is 3.83. The first-order chi connectivity index (χ1) is 6.13. The molecule has 14 heavy (non-hydrogen) atoms. The molecule has 0 aromatic heterocycles. The van der Waals surface area contributed by atoms with Crippen LogP contribution < -0.4 is 0 Å². The van der Waals surface area contributed by atoms with E-state index in [9.17, 15) is 17.6 Å². The van der Waals surface area contributed by atoms with Gasteiger partial charge in [0.05, 0.1) is 6.61 Å². The van der Waals surface area contributed by atoms with Gasteiger partial charge in [-0.15, -0.1) is 22.2 Å². The van der Waals surface area contributed by atoms with E-state index in [-0.39, 0.29) is 13.0 Å². The van der Waals surface area contributed by atoms with Gasteiger partial charge < -0.3 is 4.74 Å². The molecule has 0 saturated heterocycles. The van der Waals surface area contributed by atoms with Crippen LogP contribution in [0.4, 0.5) is 17.6 Å². The van der Waals surface area contributed by atoms with Crippen molar-refractivity contribution in [1.29, 1.82) is 0 Å². The molecule has 0 aromatic rings. The minimum Gasteiger partial charge on any atom is -0.341 e. The molecule has 0 aliphatic heterocycles. The standard InChI is InChI=1S/C6H10Cl2F4OSi/c1-14(7,8)4-2-3-13-5(9)6(10,11)12/h5H,2-4H2,1H3. The molecule has 0 radical (unpaired) electrons. The third-order valence-corrected chi connectivity index (χ3v) is 3.65. The van der Waals surface area contributed by atoms with E-state index in [0.29, 0.717) is 6.04 Å². The van der Waals surface area contributed by atoms with Crippen LogP contribution in [0.25, 0.3) is 0 Å². The lowest BCUT2D eigenvalue weighted by molar-refractivity contribution is -0.264. The lowest BCUT2D eigenvalue weighted by atomic mass is 10.5. The van der Waals surface area contributed by atoms with Gasteiger partial charge in [0.25, 0.3) is 6.36 Å².